The summed E-state index contributed by atoms with van der Waals surface area (Å²) in [6.07, 6.45) is -4.46. The molecule has 1 saturated heterocycles. The Hall–Kier alpha value is -1.12. The van der Waals surface area contributed by atoms with Crippen LogP contribution in [-0.4, -0.2) is 24.8 Å². The van der Waals surface area contributed by atoms with Crippen molar-refractivity contribution in [3.8, 4) is 0 Å². The molecule has 0 saturated carbocycles. The van der Waals surface area contributed by atoms with Gasteiger partial charge in [-0.15, -0.1) is 0 Å². The molecule has 124 valence electrons. The van der Waals surface area contributed by atoms with E-state index in [0.717, 1.165) is 12.1 Å². The van der Waals surface area contributed by atoms with Crippen LogP contribution in [0.1, 0.15) is 43.5 Å². The van der Waals surface area contributed by atoms with E-state index in [1.165, 1.54) is 4.31 Å². The van der Waals surface area contributed by atoms with Crippen LogP contribution in [0.2, 0.25) is 0 Å². The molecule has 0 unspecified atom stereocenters. The Morgan fingerprint density at radius 3 is 2.27 bits per heavy atom. The topological polar surface area (TPSA) is 49.4 Å². The van der Waals surface area contributed by atoms with Gasteiger partial charge in [0.25, 0.3) is 10.2 Å². The van der Waals surface area contributed by atoms with Crippen LogP contribution in [0.3, 0.4) is 0 Å². The molecule has 22 heavy (non-hydrogen) atoms. The summed E-state index contributed by atoms with van der Waals surface area (Å²) in [7, 11) is -3.69. The van der Waals surface area contributed by atoms with E-state index in [0.29, 0.717) is 11.1 Å². The summed E-state index contributed by atoms with van der Waals surface area (Å²) >= 11 is 0. The van der Waals surface area contributed by atoms with Crippen molar-refractivity contribution >= 4 is 10.2 Å². The third-order valence-corrected chi connectivity index (χ3v) is 5.59. The monoisotopic (exact) mass is 336 g/mol. The average Bonchev–Trinajstić information content (AvgIpc) is 2.57. The molecule has 0 radical (unpaired) electrons. The van der Waals surface area contributed by atoms with Gasteiger partial charge in [-0.05, 0) is 45.4 Å². The van der Waals surface area contributed by atoms with Gasteiger partial charge < -0.3 is 0 Å². The zero-order valence-electron chi connectivity index (χ0n) is 12.8. The van der Waals surface area contributed by atoms with Gasteiger partial charge in [0.15, 0.2) is 0 Å². The first-order chi connectivity index (χ1) is 9.93. The number of benzene rings is 1. The highest BCUT2D eigenvalue weighted by molar-refractivity contribution is 7.87. The molecule has 0 bridgehead atoms. The van der Waals surface area contributed by atoms with Crippen LogP contribution in [0, 0.1) is 6.92 Å². The Morgan fingerprint density at radius 2 is 1.82 bits per heavy atom. The number of hydrogen-bond donors (Lipinski definition) is 1. The highest BCUT2D eigenvalue weighted by Gasteiger charge is 2.44. The molecular weight excluding hydrogens is 317 g/mol. The molecule has 1 fully saturated rings. The Balaban J connectivity index is 2.48. The van der Waals surface area contributed by atoms with Crippen LogP contribution in [0.25, 0.3) is 0 Å². The summed E-state index contributed by atoms with van der Waals surface area (Å²) in [6.45, 7) is 6.72. The fraction of sp³-hybridized carbons (Fsp3) is 0.571. The molecule has 1 aliphatic rings. The Morgan fingerprint density at radius 1 is 1.23 bits per heavy atom. The lowest BCUT2D eigenvalue weighted by molar-refractivity contribution is -0.137. The average molecular weight is 336 g/mol. The molecule has 0 aromatic heterocycles. The highest BCUT2D eigenvalue weighted by Crippen LogP contribution is 2.36. The van der Waals surface area contributed by atoms with Crippen LogP contribution in [0.15, 0.2) is 18.2 Å². The highest BCUT2D eigenvalue weighted by atomic mass is 32.2. The fourth-order valence-corrected chi connectivity index (χ4v) is 4.83. The Labute approximate surface area is 128 Å². The van der Waals surface area contributed by atoms with Gasteiger partial charge >= 0.3 is 6.18 Å². The van der Waals surface area contributed by atoms with E-state index in [9.17, 15) is 21.6 Å². The largest absolute Gasteiger partial charge is 0.416 e. The predicted octanol–water partition coefficient (Wildman–Crippen LogP) is 3.00. The quantitative estimate of drug-likeness (QED) is 0.902. The van der Waals surface area contributed by atoms with E-state index in [-0.39, 0.29) is 6.04 Å². The van der Waals surface area contributed by atoms with Crippen molar-refractivity contribution in [2.24, 2.45) is 0 Å². The second-order valence-electron chi connectivity index (χ2n) is 5.89. The van der Waals surface area contributed by atoms with Gasteiger partial charge in [-0.1, -0.05) is 11.6 Å². The molecule has 0 aliphatic carbocycles. The zero-order valence-corrected chi connectivity index (χ0v) is 13.6. The van der Waals surface area contributed by atoms with Crippen molar-refractivity contribution in [2.75, 3.05) is 0 Å². The molecule has 0 amide bonds. The first-order valence-corrected chi connectivity index (χ1v) is 8.37. The predicted molar refractivity (Wildman–Crippen MR) is 77.4 cm³/mol. The summed E-state index contributed by atoms with van der Waals surface area (Å²) < 4.78 is 66.9. The standard InChI is InChI=1S/C14H19F3N2O2S/c1-8(2)19-10(4)13(18-22(19,20)21)11-5-9(3)6-12(7-11)14(15,16)17/h5-8,10,13,18H,1-4H3/t10-,13+/m0/s1. The van der Waals surface area contributed by atoms with Gasteiger partial charge in [0.05, 0.1) is 11.6 Å². The lowest BCUT2D eigenvalue weighted by Gasteiger charge is -2.25. The van der Waals surface area contributed by atoms with Crippen molar-refractivity contribution in [3.05, 3.63) is 34.9 Å². The number of rotatable bonds is 2. The van der Waals surface area contributed by atoms with Gasteiger partial charge in [0.1, 0.15) is 0 Å². The molecule has 1 aliphatic heterocycles. The van der Waals surface area contributed by atoms with Crippen LogP contribution in [-0.2, 0) is 16.4 Å². The Kier molecular flexibility index (Phi) is 4.31. The summed E-state index contributed by atoms with van der Waals surface area (Å²) in [6, 6.07) is 2.21. The number of hydrogen-bond acceptors (Lipinski definition) is 2. The Bertz CT molecular complexity index is 671. The normalized spacial score (nSPS) is 25.8. The maximum atomic E-state index is 12.9. The van der Waals surface area contributed by atoms with E-state index in [4.69, 9.17) is 0 Å². The van der Waals surface area contributed by atoms with E-state index in [1.54, 1.807) is 33.8 Å². The molecule has 2 rings (SSSR count). The summed E-state index contributed by atoms with van der Waals surface area (Å²) in [5, 5.41) is 0. The van der Waals surface area contributed by atoms with Gasteiger partial charge in [0.2, 0.25) is 0 Å². The van der Waals surface area contributed by atoms with E-state index >= 15 is 0 Å². The second-order valence-corrected chi connectivity index (χ2v) is 7.50. The minimum Gasteiger partial charge on any atom is -0.195 e. The van der Waals surface area contributed by atoms with Crippen molar-refractivity contribution < 1.29 is 21.6 Å². The molecule has 1 aromatic carbocycles. The smallest absolute Gasteiger partial charge is 0.195 e. The number of halogens is 3. The minimum absolute atomic E-state index is 0.274. The SMILES string of the molecule is Cc1cc([C@@H]2NS(=O)(=O)N(C(C)C)[C@H]2C)cc(C(F)(F)F)c1. The number of alkyl halides is 3. The maximum Gasteiger partial charge on any atom is 0.416 e. The van der Waals surface area contributed by atoms with Crippen molar-refractivity contribution in [2.45, 2.75) is 52.0 Å². The van der Waals surface area contributed by atoms with Crippen LogP contribution in [0.4, 0.5) is 13.2 Å². The minimum atomic E-state index is -4.46. The van der Waals surface area contributed by atoms with Gasteiger partial charge in [0, 0.05) is 12.1 Å². The molecule has 1 N–H and O–H groups in total. The molecule has 1 aromatic rings. The lowest BCUT2D eigenvalue weighted by atomic mass is 9.96. The number of nitrogens with zero attached hydrogens (tertiary/aromatic N) is 1. The van der Waals surface area contributed by atoms with E-state index in [1.807, 2.05) is 0 Å². The molecule has 1 heterocycles. The van der Waals surface area contributed by atoms with E-state index < -0.39 is 34.0 Å². The number of aryl methyl sites for hydroxylation is 1. The number of nitrogens with one attached hydrogen (secondary N) is 1. The van der Waals surface area contributed by atoms with Gasteiger partial charge in [-0.25, -0.2) is 0 Å². The van der Waals surface area contributed by atoms with Crippen LogP contribution >= 0.6 is 0 Å². The molecule has 8 heteroatoms. The summed E-state index contributed by atoms with van der Waals surface area (Å²) in [5.74, 6) is 0. The third-order valence-electron chi connectivity index (χ3n) is 3.73. The van der Waals surface area contributed by atoms with Crippen molar-refractivity contribution in [1.29, 1.82) is 0 Å². The lowest BCUT2D eigenvalue weighted by Crippen LogP contribution is -2.38. The molecule has 2 atom stereocenters. The third kappa shape index (κ3) is 3.13. The summed E-state index contributed by atoms with van der Waals surface area (Å²) in [4.78, 5) is 0. The summed E-state index contributed by atoms with van der Waals surface area (Å²) in [5.41, 5.74) is 0.00247. The first-order valence-electron chi connectivity index (χ1n) is 6.93. The van der Waals surface area contributed by atoms with Crippen LogP contribution in [0.5, 0.6) is 0 Å². The fourth-order valence-electron chi connectivity index (χ4n) is 2.94. The molecule has 4 nitrogen and oxygen atoms in total. The van der Waals surface area contributed by atoms with Crippen molar-refractivity contribution in [1.82, 2.24) is 9.03 Å². The van der Waals surface area contributed by atoms with Crippen molar-refractivity contribution in [3.63, 3.8) is 0 Å². The van der Waals surface area contributed by atoms with Gasteiger partial charge in [-0.3, -0.25) is 0 Å². The van der Waals surface area contributed by atoms with E-state index in [2.05, 4.69) is 4.72 Å². The van der Waals surface area contributed by atoms with Crippen LogP contribution < -0.4 is 4.72 Å². The molecule has 0 spiro atoms. The maximum absolute atomic E-state index is 12.9. The first kappa shape index (κ1) is 17.2. The second kappa shape index (κ2) is 5.50. The zero-order chi connectivity index (χ0) is 16.9. The van der Waals surface area contributed by atoms with Gasteiger partial charge in [-0.2, -0.15) is 30.6 Å². The molecular formula is C14H19F3N2O2S.